The van der Waals surface area contributed by atoms with Gasteiger partial charge in [0, 0.05) is 6.20 Å². The van der Waals surface area contributed by atoms with Gasteiger partial charge in [-0.1, -0.05) is 6.07 Å². The molecule has 6 nitrogen and oxygen atoms in total. The molecule has 0 aliphatic carbocycles. The first-order valence-corrected chi connectivity index (χ1v) is 4.63. The summed E-state index contributed by atoms with van der Waals surface area (Å²) in [5.41, 5.74) is 1.48. The highest BCUT2D eigenvalue weighted by Gasteiger charge is 2.40. The van der Waals surface area contributed by atoms with Gasteiger partial charge in [-0.25, -0.2) is 4.21 Å². The molecule has 74 valence electrons. The molecule has 2 atom stereocenters. The van der Waals surface area contributed by atoms with Crippen molar-refractivity contribution in [3.8, 4) is 6.07 Å². The number of aromatic nitrogens is 1. The molecule has 0 spiro atoms. The number of nitrogens with zero attached hydrogens (tertiary/aromatic N) is 2. The molecule has 1 aromatic rings. The van der Waals surface area contributed by atoms with E-state index in [2.05, 4.69) is 4.98 Å². The average molecular weight is 213 g/mol. The van der Waals surface area contributed by atoms with E-state index in [0.717, 1.165) is 0 Å². The van der Waals surface area contributed by atoms with Crippen LogP contribution in [0.4, 0.5) is 0 Å². The highest BCUT2D eigenvalue weighted by molar-refractivity contribution is 7.80. The van der Waals surface area contributed by atoms with Crippen molar-refractivity contribution >= 4 is 11.1 Å². The maximum atomic E-state index is 10.9. The first-order valence-electron chi connectivity index (χ1n) is 3.52. The van der Waals surface area contributed by atoms with E-state index < -0.39 is 16.0 Å². The van der Waals surface area contributed by atoms with E-state index in [1.807, 2.05) is 0 Å². The fraction of sp³-hybridized carbons (Fsp3) is 0.143. The summed E-state index contributed by atoms with van der Waals surface area (Å²) in [6, 6.07) is 6.00. The Balaban J connectivity index is 3.27. The molecule has 1 heterocycles. The summed E-state index contributed by atoms with van der Waals surface area (Å²) in [4.78, 5) is 1.62. The highest BCUT2D eigenvalue weighted by Crippen LogP contribution is 2.20. The van der Waals surface area contributed by atoms with E-state index in [1.54, 1.807) is 12.1 Å². The molecule has 0 saturated heterocycles. The molecule has 0 aliphatic rings. The summed E-state index contributed by atoms with van der Waals surface area (Å²) in [6.07, 6.45) is 1.35. The van der Waals surface area contributed by atoms with Crippen molar-refractivity contribution in [1.29, 1.82) is 5.26 Å². The first-order chi connectivity index (χ1) is 6.67. The van der Waals surface area contributed by atoms with E-state index in [4.69, 9.17) is 15.0 Å². The molecule has 0 fully saturated rings. The molecule has 0 radical (unpaired) electrons. The molecule has 3 N–H and O–H groups in total. The lowest BCUT2D eigenvalue weighted by molar-refractivity contribution is 0.125. The van der Waals surface area contributed by atoms with Crippen LogP contribution in [0.1, 0.15) is 5.69 Å². The predicted octanol–water partition coefficient (Wildman–Crippen LogP) is -0.0415. The smallest absolute Gasteiger partial charge is 0.271 e. The summed E-state index contributed by atoms with van der Waals surface area (Å²) in [6.45, 7) is 0. The second-order valence-electron chi connectivity index (χ2n) is 2.37. The second-order valence-corrected chi connectivity index (χ2v) is 3.48. The molecular formula is C7H7N3O3S. The van der Waals surface area contributed by atoms with Crippen LogP contribution in [0, 0.1) is 11.3 Å². The van der Waals surface area contributed by atoms with Crippen molar-refractivity contribution in [1.82, 2.24) is 10.5 Å². The minimum Gasteiger partial charge on any atom is -0.314 e. The van der Waals surface area contributed by atoms with Crippen LogP contribution >= 0.6 is 0 Å². The Hall–Kier alpha value is -1.33. The van der Waals surface area contributed by atoms with E-state index in [-0.39, 0.29) is 5.69 Å². The lowest BCUT2D eigenvalue weighted by Crippen LogP contribution is -2.43. The van der Waals surface area contributed by atoms with Gasteiger partial charge in [-0.3, -0.25) is 4.98 Å². The number of hydrogen-bond acceptors (Lipinski definition) is 5. The van der Waals surface area contributed by atoms with Crippen molar-refractivity contribution in [3.05, 3.63) is 30.1 Å². The Morgan fingerprint density at radius 1 is 1.64 bits per heavy atom. The van der Waals surface area contributed by atoms with Crippen LogP contribution in [0.3, 0.4) is 0 Å². The number of nitriles is 1. The van der Waals surface area contributed by atoms with Gasteiger partial charge < -0.3 is 9.76 Å². The van der Waals surface area contributed by atoms with Crippen molar-refractivity contribution < 1.29 is 14.0 Å². The van der Waals surface area contributed by atoms with Gasteiger partial charge in [0.15, 0.2) is 11.1 Å². The molecule has 1 unspecified atom stereocenters. The van der Waals surface area contributed by atoms with E-state index in [1.165, 1.54) is 23.8 Å². The van der Waals surface area contributed by atoms with Gasteiger partial charge in [-0.05, 0) is 12.1 Å². The number of hydrogen-bond donors (Lipinski definition) is 3. The Bertz CT molecular complexity index is 378. The standard InChI is InChI=1S/C7H7N3O3S/c8-5-7(10-11,14(12)13)6-3-1-2-4-9-6/h1-4,10-11H,(H,12,13)/t7-/m1/s1. The maximum Gasteiger partial charge on any atom is 0.271 e. The molecule has 0 bridgehead atoms. The quantitative estimate of drug-likeness (QED) is 0.480. The van der Waals surface area contributed by atoms with Crippen molar-refractivity contribution in [2.75, 3.05) is 0 Å². The van der Waals surface area contributed by atoms with Crippen LogP contribution in [-0.2, 0) is 16.0 Å². The molecule has 0 aromatic carbocycles. The summed E-state index contributed by atoms with van der Waals surface area (Å²) in [5.74, 6) is 0. The van der Waals surface area contributed by atoms with Gasteiger partial charge in [0.2, 0.25) is 0 Å². The fourth-order valence-electron chi connectivity index (χ4n) is 0.878. The fourth-order valence-corrected chi connectivity index (χ4v) is 1.33. The van der Waals surface area contributed by atoms with Crippen LogP contribution in [-0.4, -0.2) is 19.0 Å². The van der Waals surface area contributed by atoms with Crippen LogP contribution in [0.2, 0.25) is 0 Å². The van der Waals surface area contributed by atoms with Gasteiger partial charge in [0.25, 0.3) is 4.87 Å². The van der Waals surface area contributed by atoms with E-state index in [9.17, 15) is 4.21 Å². The Morgan fingerprint density at radius 2 is 2.36 bits per heavy atom. The SMILES string of the molecule is N#C[C@](NO)(c1ccccn1)S(=O)O. The van der Waals surface area contributed by atoms with Crippen molar-refractivity contribution in [2.24, 2.45) is 0 Å². The Kier molecular flexibility index (Phi) is 3.27. The van der Waals surface area contributed by atoms with Gasteiger partial charge in [-0.2, -0.15) is 10.7 Å². The second kappa shape index (κ2) is 4.26. The molecule has 14 heavy (non-hydrogen) atoms. The zero-order chi connectivity index (χ0) is 10.6. The van der Waals surface area contributed by atoms with Gasteiger partial charge >= 0.3 is 0 Å². The Labute approximate surface area is 82.4 Å². The van der Waals surface area contributed by atoms with E-state index in [0.29, 0.717) is 0 Å². The normalized spacial score (nSPS) is 16.6. The molecule has 1 rings (SSSR count). The monoisotopic (exact) mass is 213 g/mol. The molecule has 0 aliphatic heterocycles. The minimum atomic E-state index is -2.60. The third-order valence-electron chi connectivity index (χ3n) is 1.60. The maximum absolute atomic E-state index is 10.9. The minimum absolute atomic E-state index is 0.0224. The summed E-state index contributed by atoms with van der Waals surface area (Å²) in [5, 5.41) is 17.5. The van der Waals surface area contributed by atoms with Crippen LogP contribution in [0.5, 0.6) is 0 Å². The number of rotatable bonds is 3. The summed E-state index contributed by atoms with van der Waals surface area (Å²) in [7, 11) is 0. The number of nitrogens with one attached hydrogen (secondary N) is 1. The molecule has 7 heteroatoms. The Morgan fingerprint density at radius 3 is 2.71 bits per heavy atom. The van der Waals surface area contributed by atoms with Crippen LogP contribution in [0.15, 0.2) is 24.4 Å². The van der Waals surface area contributed by atoms with Crippen LogP contribution in [0.25, 0.3) is 0 Å². The highest BCUT2D eigenvalue weighted by atomic mass is 32.2. The topological polar surface area (TPSA) is 106 Å². The lowest BCUT2D eigenvalue weighted by Gasteiger charge is -2.19. The number of hydroxylamine groups is 1. The summed E-state index contributed by atoms with van der Waals surface area (Å²) < 4.78 is 19.8. The van der Waals surface area contributed by atoms with Crippen LogP contribution < -0.4 is 5.48 Å². The predicted molar refractivity (Wildman–Crippen MR) is 47.2 cm³/mol. The third-order valence-corrected chi connectivity index (χ3v) is 2.52. The molecule has 1 aromatic heterocycles. The van der Waals surface area contributed by atoms with Gasteiger partial charge in [0.1, 0.15) is 6.07 Å². The van der Waals surface area contributed by atoms with Crippen molar-refractivity contribution in [3.63, 3.8) is 0 Å². The zero-order valence-corrected chi connectivity index (χ0v) is 7.73. The van der Waals surface area contributed by atoms with Gasteiger partial charge in [0.05, 0.1) is 5.69 Å². The summed E-state index contributed by atoms with van der Waals surface area (Å²) >= 11 is -2.60. The van der Waals surface area contributed by atoms with Gasteiger partial charge in [-0.15, -0.1) is 0 Å². The molecular weight excluding hydrogens is 206 g/mol. The van der Waals surface area contributed by atoms with E-state index >= 15 is 0 Å². The zero-order valence-electron chi connectivity index (χ0n) is 6.91. The third kappa shape index (κ3) is 1.64. The molecule has 0 saturated carbocycles. The first kappa shape index (κ1) is 10.7. The average Bonchev–Trinajstić information content (AvgIpc) is 2.22. The number of pyridine rings is 1. The van der Waals surface area contributed by atoms with Crippen molar-refractivity contribution in [2.45, 2.75) is 4.87 Å². The molecule has 0 amide bonds. The largest absolute Gasteiger partial charge is 0.314 e. The lowest BCUT2D eigenvalue weighted by atomic mass is 10.2.